The highest BCUT2D eigenvalue weighted by Crippen LogP contribution is 2.43. The van der Waals surface area contributed by atoms with E-state index < -0.39 is 0 Å². The number of hydrogen-bond donors (Lipinski definition) is 0. The molecular formula is C30H48O2. The fourth-order valence-electron chi connectivity index (χ4n) is 5.31. The summed E-state index contributed by atoms with van der Waals surface area (Å²) >= 11 is 0. The average Bonchev–Trinajstić information content (AvgIpc) is 2.78. The third-order valence-corrected chi connectivity index (χ3v) is 7.49. The molecule has 1 saturated carbocycles. The van der Waals surface area contributed by atoms with E-state index in [1.807, 2.05) is 6.08 Å². The second kappa shape index (κ2) is 14.6. The fraction of sp³-hybridized carbons (Fsp3) is 0.700. The number of hydrogen-bond acceptors (Lipinski definition) is 2. The number of ether oxygens (including phenoxy) is 1. The molecule has 0 N–H and O–H groups in total. The van der Waals surface area contributed by atoms with E-state index >= 15 is 0 Å². The zero-order chi connectivity index (χ0) is 23.2. The molecule has 1 aromatic rings. The van der Waals surface area contributed by atoms with Gasteiger partial charge < -0.3 is 4.74 Å². The Hall–Kier alpha value is -1.57. The van der Waals surface area contributed by atoms with E-state index in [-0.39, 0.29) is 17.5 Å². The van der Waals surface area contributed by atoms with Gasteiger partial charge in [0.25, 0.3) is 0 Å². The van der Waals surface area contributed by atoms with Crippen molar-refractivity contribution in [1.82, 2.24) is 0 Å². The Bertz CT molecular complexity index is 661. The van der Waals surface area contributed by atoms with Gasteiger partial charge in [-0.25, -0.2) is 4.79 Å². The van der Waals surface area contributed by atoms with E-state index in [2.05, 4.69) is 58.0 Å². The zero-order valence-corrected chi connectivity index (χ0v) is 21.3. The molecule has 0 radical (unpaired) electrons. The largest absolute Gasteiger partial charge is 0.459 e. The molecule has 2 nitrogen and oxygen atoms in total. The number of unbranched alkanes of at least 4 members (excludes halogenated alkanes) is 9. The van der Waals surface area contributed by atoms with Gasteiger partial charge in [0.05, 0.1) is 0 Å². The highest BCUT2D eigenvalue weighted by molar-refractivity contribution is 5.82. The molecule has 0 heterocycles. The summed E-state index contributed by atoms with van der Waals surface area (Å²) in [5, 5.41) is 0. The van der Waals surface area contributed by atoms with E-state index in [0.29, 0.717) is 11.8 Å². The summed E-state index contributed by atoms with van der Waals surface area (Å²) in [6, 6.07) is 10.7. The van der Waals surface area contributed by atoms with Gasteiger partial charge in [-0.15, -0.1) is 0 Å². The van der Waals surface area contributed by atoms with Gasteiger partial charge in [0.2, 0.25) is 0 Å². The van der Waals surface area contributed by atoms with Gasteiger partial charge in [-0.3, -0.25) is 0 Å². The molecule has 0 bridgehead atoms. The number of rotatable bonds is 14. The molecule has 0 unspecified atom stereocenters. The number of carbonyl (C=O) groups is 1. The minimum absolute atomic E-state index is 0.00110. The van der Waals surface area contributed by atoms with Crippen LogP contribution in [0.2, 0.25) is 0 Å². The molecule has 2 heteroatoms. The van der Waals surface area contributed by atoms with Crippen LogP contribution in [0.1, 0.15) is 117 Å². The van der Waals surface area contributed by atoms with Crippen LogP contribution in [0.5, 0.6) is 0 Å². The number of allylic oxidation sites excluding steroid dienone is 1. The van der Waals surface area contributed by atoms with Gasteiger partial charge in [-0.05, 0) is 42.6 Å². The van der Waals surface area contributed by atoms with Crippen molar-refractivity contribution >= 4 is 5.97 Å². The van der Waals surface area contributed by atoms with Crippen LogP contribution in [-0.2, 0) is 14.9 Å². The van der Waals surface area contributed by atoms with Gasteiger partial charge in [-0.1, -0.05) is 122 Å². The van der Waals surface area contributed by atoms with Crippen molar-refractivity contribution < 1.29 is 9.53 Å². The Morgan fingerprint density at radius 3 is 2.25 bits per heavy atom. The molecule has 1 aliphatic rings. The van der Waals surface area contributed by atoms with Crippen LogP contribution in [0, 0.1) is 11.8 Å². The lowest BCUT2D eigenvalue weighted by Gasteiger charge is -2.43. The molecule has 3 atom stereocenters. The maximum absolute atomic E-state index is 12.6. The van der Waals surface area contributed by atoms with Crippen LogP contribution in [-0.4, -0.2) is 12.1 Å². The van der Waals surface area contributed by atoms with Crippen LogP contribution < -0.4 is 0 Å². The lowest BCUT2D eigenvalue weighted by molar-refractivity contribution is -0.150. The van der Waals surface area contributed by atoms with Crippen LogP contribution >= 0.6 is 0 Å². The summed E-state index contributed by atoms with van der Waals surface area (Å²) in [5.74, 6) is 0.811. The fourth-order valence-corrected chi connectivity index (χ4v) is 5.31. The standard InChI is InChI=1S/C30H48O2/c1-5-6-7-8-9-10-11-12-13-14-18-21-29(31)32-28-24-25(2)22-23-27(28)30(3,4)26-19-16-15-17-20-26/h15-21,25,27-28H,5-14,22-24H2,1-4H3/b21-18+/t25-,27-,28-/m1/s1. The third-order valence-electron chi connectivity index (χ3n) is 7.49. The highest BCUT2D eigenvalue weighted by atomic mass is 16.5. The number of benzene rings is 1. The van der Waals surface area contributed by atoms with Gasteiger partial charge >= 0.3 is 5.97 Å². The van der Waals surface area contributed by atoms with E-state index in [1.54, 1.807) is 6.08 Å². The molecule has 32 heavy (non-hydrogen) atoms. The zero-order valence-electron chi connectivity index (χ0n) is 21.3. The molecule has 1 fully saturated rings. The third kappa shape index (κ3) is 9.12. The molecule has 0 aliphatic heterocycles. The van der Waals surface area contributed by atoms with E-state index in [1.165, 1.54) is 69.8 Å². The summed E-state index contributed by atoms with van der Waals surface area (Å²) in [4.78, 5) is 12.6. The molecule has 2 rings (SSSR count). The lowest BCUT2D eigenvalue weighted by Crippen LogP contribution is -2.43. The summed E-state index contributed by atoms with van der Waals surface area (Å²) in [5.41, 5.74) is 1.33. The number of carbonyl (C=O) groups excluding carboxylic acids is 1. The highest BCUT2D eigenvalue weighted by Gasteiger charge is 2.41. The van der Waals surface area contributed by atoms with Crippen molar-refractivity contribution in [2.75, 3.05) is 0 Å². The Kier molecular flexibility index (Phi) is 12.1. The second-order valence-corrected chi connectivity index (χ2v) is 10.6. The molecule has 0 spiro atoms. The summed E-state index contributed by atoms with van der Waals surface area (Å²) in [6.07, 6.45) is 19.9. The van der Waals surface area contributed by atoms with Crippen LogP contribution in [0.15, 0.2) is 42.5 Å². The maximum atomic E-state index is 12.6. The van der Waals surface area contributed by atoms with Crippen LogP contribution in [0.25, 0.3) is 0 Å². The SMILES string of the molecule is CCCCCCCCCCC/C=C/C(=O)O[C@@H]1C[C@H](C)CC[C@H]1C(C)(C)c1ccccc1. The predicted octanol–water partition coefficient (Wildman–Crippen LogP) is 8.79. The first-order valence-electron chi connectivity index (χ1n) is 13.4. The average molecular weight is 441 g/mol. The van der Waals surface area contributed by atoms with E-state index in [0.717, 1.165) is 19.3 Å². The monoisotopic (exact) mass is 440 g/mol. The molecular weight excluding hydrogens is 392 g/mol. The lowest BCUT2D eigenvalue weighted by atomic mass is 9.64. The maximum Gasteiger partial charge on any atom is 0.330 e. The first kappa shape index (κ1) is 26.7. The molecule has 0 aromatic heterocycles. The topological polar surface area (TPSA) is 26.3 Å². The summed E-state index contributed by atoms with van der Waals surface area (Å²) < 4.78 is 6.05. The van der Waals surface area contributed by atoms with Crippen molar-refractivity contribution in [2.24, 2.45) is 11.8 Å². The summed E-state index contributed by atoms with van der Waals surface area (Å²) in [6.45, 7) is 9.17. The normalized spacial score (nSPS) is 21.7. The first-order valence-corrected chi connectivity index (χ1v) is 13.4. The number of esters is 1. The van der Waals surface area contributed by atoms with Crippen molar-refractivity contribution in [2.45, 2.75) is 123 Å². The molecule has 0 saturated heterocycles. The first-order chi connectivity index (χ1) is 15.4. The van der Waals surface area contributed by atoms with Gasteiger partial charge in [-0.2, -0.15) is 0 Å². The van der Waals surface area contributed by atoms with Gasteiger partial charge in [0.15, 0.2) is 0 Å². The van der Waals surface area contributed by atoms with Crippen molar-refractivity contribution in [3.8, 4) is 0 Å². The van der Waals surface area contributed by atoms with Gasteiger partial charge in [0.1, 0.15) is 6.10 Å². The smallest absolute Gasteiger partial charge is 0.330 e. The molecule has 180 valence electrons. The van der Waals surface area contributed by atoms with Crippen molar-refractivity contribution in [3.05, 3.63) is 48.0 Å². The summed E-state index contributed by atoms with van der Waals surface area (Å²) in [7, 11) is 0. The quantitative estimate of drug-likeness (QED) is 0.164. The molecule has 1 aromatic carbocycles. The van der Waals surface area contributed by atoms with Gasteiger partial charge in [0, 0.05) is 12.0 Å². The Labute approximate surface area is 198 Å². The van der Waals surface area contributed by atoms with E-state index in [4.69, 9.17) is 4.74 Å². The Morgan fingerprint density at radius 1 is 0.969 bits per heavy atom. The van der Waals surface area contributed by atoms with Crippen molar-refractivity contribution in [1.29, 1.82) is 0 Å². The minimum atomic E-state index is -0.158. The molecule has 0 amide bonds. The molecule has 1 aliphatic carbocycles. The second-order valence-electron chi connectivity index (χ2n) is 10.6. The minimum Gasteiger partial charge on any atom is -0.459 e. The van der Waals surface area contributed by atoms with Crippen molar-refractivity contribution in [3.63, 3.8) is 0 Å². The van der Waals surface area contributed by atoms with Crippen LogP contribution in [0.4, 0.5) is 0 Å². The van der Waals surface area contributed by atoms with E-state index in [9.17, 15) is 4.79 Å². The predicted molar refractivity (Wildman–Crippen MR) is 137 cm³/mol. The Balaban J connectivity index is 1.75. The van der Waals surface area contributed by atoms with Crippen LogP contribution in [0.3, 0.4) is 0 Å². The Morgan fingerprint density at radius 2 is 1.59 bits per heavy atom.